The van der Waals surface area contributed by atoms with Crippen molar-refractivity contribution in [2.75, 3.05) is 23.7 Å². The Kier molecular flexibility index (Phi) is 5.52. The summed E-state index contributed by atoms with van der Waals surface area (Å²) in [5.41, 5.74) is 0.796. The number of hydrogen-bond acceptors (Lipinski definition) is 4. The van der Waals surface area contributed by atoms with Crippen LogP contribution in [0.15, 0.2) is 28.0 Å². The van der Waals surface area contributed by atoms with Gasteiger partial charge in [0.1, 0.15) is 0 Å². The number of carbonyl (C=O) groups is 1. The van der Waals surface area contributed by atoms with Gasteiger partial charge in [-0.05, 0) is 30.5 Å². The first-order valence-electron chi connectivity index (χ1n) is 7.36. The van der Waals surface area contributed by atoms with Gasteiger partial charge in [-0.1, -0.05) is 13.8 Å². The van der Waals surface area contributed by atoms with E-state index in [1.807, 2.05) is 0 Å². The average molecular weight is 342 g/mol. The molecular weight excluding hydrogens is 320 g/mol. The molecule has 0 radical (unpaired) electrons. The van der Waals surface area contributed by atoms with Crippen LogP contribution in [0.25, 0.3) is 0 Å². The van der Waals surface area contributed by atoms with Gasteiger partial charge in [-0.25, -0.2) is 13.1 Å². The largest absolute Gasteiger partial charge is 0.311 e. The predicted octanol–water partition coefficient (Wildman–Crippen LogP) is 2.47. The summed E-state index contributed by atoms with van der Waals surface area (Å²) < 4.78 is 27.3. The summed E-state index contributed by atoms with van der Waals surface area (Å²) in [5, 5.41) is 0. The molecule has 1 heterocycles. The third-order valence-electron chi connectivity index (χ3n) is 3.50. The van der Waals surface area contributed by atoms with Crippen LogP contribution in [0.1, 0.15) is 27.2 Å². The fourth-order valence-electron chi connectivity index (χ4n) is 2.26. The smallest absolute Gasteiger partial charge is 0.240 e. The van der Waals surface area contributed by atoms with Crippen molar-refractivity contribution in [3.05, 3.63) is 18.2 Å². The molecule has 0 saturated heterocycles. The quantitative estimate of drug-likeness (QED) is 0.893. The summed E-state index contributed by atoms with van der Waals surface area (Å²) in [5.74, 6) is 1.20. The Bertz CT molecular complexity index is 657. The van der Waals surface area contributed by atoms with E-state index in [9.17, 15) is 13.2 Å². The van der Waals surface area contributed by atoms with Crippen molar-refractivity contribution in [2.24, 2.45) is 5.92 Å². The Hall–Kier alpha value is -1.05. The Labute approximate surface area is 136 Å². The fraction of sp³-hybridized carbons (Fsp3) is 0.533. The van der Waals surface area contributed by atoms with Gasteiger partial charge in [0.2, 0.25) is 15.9 Å². The monoisotopic (exact) mass is 342 g/mol. The van der Waals surface area contributed by atoms with E-state index in [0.717, 1.165) is 22.8 Å². The van der Waals surface area contributed by atoms with E-state index in [-0.39, 0.29) is 10.8 Å². The van der Waals surface area contributed by atoms with Gasteiger partial charge in [-0.2, -0.15) is 0 Å². The Balaban J connectivity index is 2.22. The highest BCUT2D eigenvalue weighted by Crippen LogP contribution is 2.36. The summed E-state index contributed by atoms with van der Waals surface area (Å²) in [6.07, 6.45) is 0.803. The molecule has 122 valence electrons. The lowest BCUT2D eigenvalue weighted by Crippen LogP contribution is -2.33. The molecule has 1 aromatic rings. The number of hydrogen-bond donors (Lipinski definition) is 1. The summed E-state index contributed by atoms with van der Waals surface area (Å²) in [6, 6.07) is 4.95. The summed E-state index contributed by atoms with van der Waals surface area (Å²) in [4.78, 5) is 14.4. The Morgan fingerprint density at radius 1 is 1.41 bits per heavy atom. The topological polar surface area (TPSA) is 66.5 Å². The van der Waals surface area contributed by atoms with Gasteiger partial charge in [0.15, 0.2) is 0 Å². The maximum absolute atomic E-state index is 12.3. The second kappa shape index (κ2) is 7.02. The Morgan fingerprint density at radius 3 is 2.77 bits per heavy atom. The molecule has 5 nitrogen and oxygen atoms in total. The minimum atomic E-state index is -3.49. The van der Waals surface area contributed by atoms with E-state index in [1.54, 1.807) is 34.9 Å². The van der Waals surface area contributed by atoms with Crippen LogP contribution >= 0.6 is 11.8 Å². The minimum Gasteiger partial charge on any atom is -0.311 e. The molecule has 1 N–H and O–H groups in total. The van der Waals surface area contributed by atoms with Gasteiger partial charge in [-0.3, -0.25) is 4.79 Å². The fourth-order valence-corrected chi connectivity index (χ4v) is 4.44. The molecule has 0 atom stereocenters. The molecule has 0 saturated carbocycles. The molecule has 1 aliphatic rings. The van der Waals surface area contributed by atoms with Crippen LogP contribution in [0.5, 0.6) is 0 Å². The molecule has 0 bridgehead atoms. The number of nitrogens with one attached hydrogen (secondary N) is 1. The second-order valence-corrected chi connectivity index (χ2v) is 8.63. The van der Waals surface area contributed by atoms with Crippen LogP contribution in [0.4, 0.5) is 5.69 Å². The normalized spacial score (nSPS) is 15.0. The number of fused-ring (bicyclic) bond motifs is 1. The number of rotatable bonds is 5. The van der Waals surface area contributed by atoms with Crippen molar-refractivity contribution in [1.29, 1.82) is 0 Å². The lowest BCUT2D eigenvalue weighted by molar-refractivity contribution is -0.116. The summed E-state index contributed by atoms with van der Waals surface area (Å²) >= 11 is 1.58. The van der Waals surface area contributed by atoms with Gasteiger partial charge in [0.05, 0.1) is 10.6 Å². The van der Waals surface area contributed by atoms with E-state index in [2.05, 4.69) is 18.6 Å². The molecule has 1 aromatic carbocycles. The van der Waals surface area contributed by atoms with Crippen molar-refractivity contribution in [2.45, 2.75) is 37.0 Å². The number of amides is 1. The highest BCUT2D eigenvalue weighted by molar-refractivity contribution is 7.99. The first-order valence-corrected chi connectivity index (χ1v) is 9.83. The summed E-state index contributed by atoms with van der Waals surface area (Å²) in [7, 11) is -3.49. The number of anilines is 1. The van der Waals surface area contributed by atoms with Crippen LogP contribution < -0.4 is 9.62 Å². The lowest BCUT2D eigenvalue weighted by atomic mass is 10.1. The van der Waals surface area contributed by atoms with Crippen LogP contribution in [0, 0.1) is 5.92 Å². The molecule has 22 heavy (non-hydrogen) atoms. The van der Waals surface area contributed by atoms with Crippen molar-refractivity contribution >= 4 is 33.4 Å². The zero-order valence-corrected chi connectivity index (χ0v) is 14.8. The highest BCUT2D eigenvalue weighted by atomic mass is 32.2. The Morgan fingerprint density at radius 2 is 2.14 bits per heavy atom. The lowest BCUT2D eigenvalue weighted by Gasteiger charge is -2.28. The number of nitrogens with zero attached hydrogens (tertiary/aromatic N) is 1. The highest BCUT2D eigenvalue weighted by Gasteiger charge is 2.23. The minimum absolute atomic E-state index is 0.0211. The van der Waals surface area contributed by atoms with Crippen molar-refractivity contribution < 1.29 is 13.2 Å². The molecule has 0 aliphatic carbocycles. The molecule has 0 fully saturated rings. The van der Waals surface area contributed by atoms with E-state index in [0.29, 0.717) is 19.0 Å². The SMILES string of the molecule is CC(=O)N1CCSc2cc(S(=O)(=O)NCCC(C)C)ccc21. The van der Waals surface area contributed by atoms with Crippen LogP contribution in [-0.2, 0) is 14.8 Å². The number of benzene rings is 1. The average Bonchev–Trinajstić information content (AvgIpc) is 2.45. The molecule has 7 heteroatoms. The van der Waals surface area contributed by atoms with Crippen molar-refractivity contribution in [3.8, 4) is 0 Å². The van der Waals surface area contributed by atoms with Crippen LogP contribution in [-0.4, -0.2) is 33.2 Å². The first-order chi connectivity index (χ1) is 10.3. The van der Waals surface area contributed by atoms with Gasteiger partial charge in [-0.15, -0.1) is 11.8 Å². The van der Waals surface area contributed by atoms with E-state index < -0.39 is 10.0 Å². The number of thioether (sulfide) groups is 1. The first kappa shape index (κ1) is 17.3. The van der Waals surface area contributed by atoms with Gasteiger partial charge in [0.25, 0.3) is 0 Å². The standard InChI is InChI=1S/C15H22N2O3S2/c1-11(2)6-7-16-22(19,20)13-4-5-14-15(10-13)21-9-8-17(14)12(3)18/h4-5,10-11,16H,6-9H2,1-3H3. The van der Waals surface area contributed by atoms with E-state index in [1.165, 1.54) is 6.92 Å². The van der Waals surface area contributed by atoms with E-state index in [4.69, 9.17) is 0 Å². The third kappa shape index (κ3) is 4.02. The van der Waals surface area contributed by atoms with Gasteiger partial charge in [0, 0.05) is 30.7 Å². The van der Waals surface area contributed by atoms with Crippen molar-refractivity contribution in [1.82, 2.24) is 4.72 Å². The van der Waals surface area contributed by atoms with Crippen LogP contribution in [0.2, 0.25) is 0 Å². The number of carbonyl (C=O) groups excluding carboxylic acids is 1. The molecule has 2 rings (SSSR count). The second-order valence-electron chi connectivity index (χ2n) is 5.73. The molecular formula is C15H22N2O3S2. The molecule has 1 amide bonds. The maximum atomic E-state index is 12.3. The zero-order chi connectivity index (χ0) is 16.3. The summed E-state index contributed by atoms with van der Waals surface area (Å²) in [6.45, 7) is 6.73. The van der Waals surface area contributed by atoms with Crippen LogP contribution in [0.3, 0.4) is 0 Å². The number of sulfonamides is 1. The molecule has 0 aromatic heterocycles. The van der Waals surface area contributed by atoms with Gasteiger partial charge < -0.3 is 4.90 Å². The van der Waals surface area contributed by atoms with E-state index >= 15 is 0 Å². The molecule has 0 unspecified atom stereocenters. The molecule has 0 spiro atoms. The third-order valence-corrected chi connectivity index (χ3v) is 5.98. The maximum Gasteiger partial charge on any atom is 0.240 e. The predicted molar refractivity (Wildman–Crippen MR) is 89.8 cm³/mol. The van der Waals surface area contributed by atoms with Crippen molar-refractivity contribution in [3.63, 3.8) is 0 Å². The molecule has 1 aliphatic heterocycles. The zero-order valence-electron chi connectivity index (χ0n) is 13.1. The van der Waals surface area contributed by atoms with Gasteiger partial charge >= 0.3 is 0 Å².